The standard InChI is InChI=1S/C15H25N/c1-6-14(3,4)12-15(5,7-2)13-9-8-10-16-11-13/h8-11H,6-7,12H2,1-5H3. The molecule has 0 aliphatic rings. The van der Waals surface area contributed by atoms with Gasteiger partial charge in [-0.2, -0.15) is 0 Å². The molecule has 0 fully saturated rings. The molecule has 0 saturated heterocycles. The first-order valence-electron chi connectivity index (χ1n) is 6.34. The van der Waals surface area contributed by atoms with Gasteiger partial charge in [-0.15, -0.1) is 0 Å². The summed E-state index contributed by atoms with van der Waals surface area (Å²) in [5.41, 5.74) is 2.04. The second kappa shape index (κ2) is 4.99. The Balaban J connectivity index is 2.95. The van der Waals surface area contributed by atoms with Crippen molar-refractivity contribution in [3.8, 4) is 0 Å². The summed E-state index contributed by atoms with van der Waals surface area (Å²) in [6, 6.07) is 4.25. The van der Waals surface area contributed by atoms with Gasteiger partial charge in [0.05, 0.1) is 0 Å². The van der Waals surface area contributed by atoms with Gasteiger partial charge < -0.3 is 0 Å². The number of nitrogens with zero attached hydrogens (tertiary/aromatic N) is 1. The van der Waals surface area contributed by atoms with Crippen LogP contribution >= 0.6 is 0 Å². The molecule has 0 aliphatic heterocycles. The van der Waals surface area contributed by atoms with Crippen molar-refractivity contribution >= 4 is 0 Å². The highest BCUT2D eigenvalue weighted by Gasteiger charge is 2.31. The van der Waals surface area contributed by atoms with E-state index < -0.39 is 0 Å². The SMILES string of the molecule is CCC(C)(C)CC(C)(CC)c1cccnc1. The molecule has 0 bridgehead atoms. The summed E-state index contributed by atoms with van der Waals surface area (Å²) >= 11 is 0. The molecule has 1 atom stereocenters. The molecule has 1 aromatic rings. The molecule has 90 valence electrons. The summed E-state index contributed by atoms with van der Waals surface area (Å²) in [7, 11) is 0. The zero-order chi connectivity index (χ0) is 12.2. The Labute approximate surface area is 100 Å². The summed E-state index contributed by atoms with van der Waals surface area (Å²) in [4.78, 5) is 4.25. The van der Waals surface area contributed by atoms with E-state index in [4.69, 9.17) is 0 Å². The van der Waals surface area contributed by atoms with Crippen molar-refractivity contribution in [1.82, 2.24) is 4.98 Å². The normalized spacial score (nSPS) is 15.8. The van der Waals surface area contributed by atoms with Gasteiger partial charge >= 0.3 is 0 Å². The Morgan fingerprint density at radius 3 is 2.25 bits per heavy atom. The first-order valence-corrected chi connectivity index (χ1v) is 6.34. The molecule has 1 heteroatoms. The van der Waals surface area contributed by atoms with E-state index in [2.05, 4.69) is 45.7 Å². The van der Waals surface area contributed by atoms with E-state index in [-0.39, 0.29) is 5.41 Å². The van der Waals surface area contributed by atoms with Crippen molar-refractivity contribution in [3.63, 3.8) is 0 Å². The van der Waals surface area contributed by atoms with Crippen LogP contribution in [-0.2, 0) is 5.41 Å². The van der Waals surface area contributed by atoms with Crippen LogP contribution in [0.4, 0.5) is 0 Å². The summed E-state index contributed by atoms with van der Waals surface area (Å²) in [6.07, 6.45) is 7.49. The molecular weight excluding hydrogens is 194 g/mol. The highest BCUT2D eigenvalue weighted by Crippen LogP contribution is 2.40. The molecule has 1 rings (SSSR count). The molecule has 0 saturated carbocycles. The van der Waals surface area contributed by atoms with Gasteiger partial charge in [0.15, 0.2) is 0 Å². The summed E-state index contributed by atoms with van der Waals surface area (Å²) < 4.78 is 0. The van der Waals surface area contributed by atoms with E-state index in [9.17, 15) is 0 Å². The molecule has 0 amide bonds. The Hall–Kier alpha value is -0.850. The highest BCUT2D eigenvalue weighted by molar-refractivity contribution is 5.21. The van der Waals surface area contributed by atoms with Crippen LogP contribution in [0.15, 0.2) is 24.5 Å². The number of hydrogen-bond donors (Lipinski definition) is 0. The second-order valence-electron chi connectivity index (χ2n) is 5.85. The van der Waals surface area contributed by atoms with E-state index in [0.29, 0.717) is 5.41 Å². The first-order chi connectivity index (χ1) is 7.43. The molecular formula is C15H25N. The molecule has 1 aromatic heterocycles. The van der Waals surface area contributed by atoms with Crippen LogP contribution < -0.4 is 0 Å². The van der Waals surface area contributed by atoms with Crippen LogP contribution in [0.2, 0.25) is 0 Å². The lowest BCUT2D eigenvalue weighted by atomic mass is 9.68. The van der Waals surface area contributed by atoms with Crippen LogP contribution in [0.5, 0.6) is 0 Å². The lowest BCUT2D eigenvalue weighted by Gasteiger charge is -2.37. The smallest absolute Gasteiger partial charge is 0.0305 e. The monoisotopic (exact) mass is 219 g/mol. The molecule has 1 heterocycles. The Kier molecular flexibility index (Phi) is 4.12. The van der Waals surface area contributed by atoms with Crippen molar-refractivity contribution in [1.29, 1.82) is 0 Å². The fourth-order valence-corrected chi connectivity index (χ4v) is 2.33. The molecule has 1 nitrogen and oxygen atoms in total. The Bertz CT molecular complexity index is 315. The minimum Gasteiger partial charge on any atom is -0.264 e. The zero-order valence-corrected chi connectivity index (χ0v) is 11.4. The quantitative estimate of drug-likeness (QED) is 0.706. The highest BCUT2D eigenvalue weighted by atomic mass is 14.6. The van der Waals surface area contributed by atoms with Gasteiger partial charge in [-0.25, -0.2) is 0 Å². The third-order valence-corrected chi connectivity index (χ3v) is 3.96. The van der Waals surface area contributed by atoms with Crippen molar-refractivity contribution in [2.24, 2.45) is 5.41 Å². The second-order valence-corrected chi connectivity index (χ2v) is 5.85. The average Bonchev–Trinajstić information content (AvgIpc) is 2.29. The third-order valence-electron chi connectivity index (χ3n) is 3.96. The van der Waals surface area contributed by atoms with Crippen LogP contribution in [0.3, 0.4) is 0 Å². The van der Waals surface area contributed by atoms with E-state index in [1.54, 1.807) is 0 Å². The lowest BCUT2D eigenvalue weighted by molar-refractivity contribution is 0.230. The predicted molar refractivity (Wildman–Crippen MR) is 70.6 cm³/mol. The number of rotatable bonds is 5. The minimum absolute atomic E-state index is 0.258. The number of hydrogen-bond acceptors (Lipinski definition) is 1. The molecule has 1 unspecified atom stereocenters. The Morgan fingerprint density at radius 1 is 1.12 bits per heavy atom. The van der Waals surface area contributed by atoms with Gasteiger partial charge in [-0.1, -0.05) is 47.1 Å². The minimum atomic E-state index is 0.258. The van der Waals surface area contributed by atoms with Crippen molar-refractivity contribution in [2.75, 3.05) is 0 Å². The summed E-state index contributed by atoms with van der Waals surface area (Å²) in [5.74, 6) is 0. The topological polar surface area (TPSA) is 12.9 Å². The van der Waals surface area contributed by atoms with Crippen LogP contribution in [0, 0.1) is 5.41 Å². The van der Waals surface area contributed by atoms with Gasteiger partial charge in [0.1, 0.15) is 0 Å². The number of pyridine rings is 1. The molecule has 0 spiro atoms. The van der Waals surface area contributed by atoms with Crippen LogP contribution in [0.25, 0.3) is 0 Å². The van der Waals surface area contributed by atoms with E-state index in [1.165, 1.54) is 24.8 Å². The van der Waals surface area contributed by atoms with Crippen molar-refractivity contribution < 1.29 is 0 Å². The lowest BCUT2D eigenvalue weighted by Crippen LogP contribution is -2.28. The van der Waals surface area contributed by atoms with Gasteiger partial charge in [0.2, 0.25) is 0 Å². The molecule has 0 aromatic carbocycles. The van der Waals surface area contributed by atoms with Gasteiger partial charge in [0, 0.05) is 12.4 Å². The zero-order valence-electron chi connectivity index (χ0n) is 11.4. The predicted octanol–water partition coefficient (Wildman–Crippen LogP) is 4.58. The van der Waals surface area contributed by atoms with Gasteiger partial charge in [-0.3, -0.25) is 4.98 Å². The fraction of sp³-hybridized carbons (Fsp3) is 0.667. The third kappa shape index (κ3) is 3.07. The van der Waals surface area contributed by atoms with Gasteiger partial charge in [-0.05, 0) is 35.3 Å². The molecule has 0 N–H and O–H groups in total. The van der Waals surface area contributed by atoms with Crippen LogP contribution in [-0.4, -0.2) is 4.98 Å². The maximum absolute atomic E-state index is 4.25. The molecule has 0 aliphatic carbocycles. The van der Waals surface area contributed by atoms with E-state index in [0.717, 1.165) is 0 Å². The van der Waals surface area contributed by atoms with E-state index >= 15 is 0 Å². The Morgan fingerprint density at radius 2 is 1.81 bits per heavy atom. The fourth-order valence-electron chi connectivity index (χ4n) is 2.33. The maximum Gasteiger partial charge on any atom is 0.0305 e. The summed E-state index contributed by atoms with van der Waals surface area (Å²) in [5, 5.41) is 0. The first kappa shape index (κ1) is 13.2. The van der Waals surface area contributed by atoms with Crippen molar-refractivity contribution in [2.45, 2.75) is 59.3 Å². The molecule has 0 radical (unpaired) electrons. The van der Waals surface area contributed by atoms with E-state index in [1.807, 2.05) is 18.5 Å². The average molecular weight is 219 g/mol. The van der Waals surface area contributed by atoms with Crippen molar-refractivity contribution in [3.05, 3.63) is 30.1 Å². The molecule has 16 heavy (non-hydrogen) atoms. The van der Waals surface area contributed by atoms with Crippen LogP contribution in [0.1, 0.15) is 59.4 Å². The maximum atomic E-state index is 4.25. The van der Waals surface area contributed by atoms with Gasteiger partial charge in [0.25, 0.3) is 0 Å². The largest absolute Gasteiger partial charge is 0.264 e. The summed E-state index contributed by atoms with van der Waals surface area (Å²) in [6.45, 7) is 11.6. The number of aromatic nitrogens is 1.